The minimum Gasteiger partial charge on any atom is -0.387 e. The summed E-state index contributed by atoms with van der Waals surface area (Å²) in [5.41, 5.74) is 11.9. The third-order valence-corrected chi connectivity index (χ3v) is 6.71. The minimum atomic E-state index is 0.0202. The first-order valence-corrected chi connectivity index (χ1v) is 14.0. The van der Waals surface area contributed by atoms with Crippen molar-refractivity contribution in [1.29, 1.82) is 5.41 Å². The van der Waals surface area contributed by atoms with Gasteiger partial charge in [0.25, 0.3) is 0 Å². The summed E-state index contributed by atoms with van der Waals surface area (Å²) in [4.78, 5) is 33.6. The topological polar surface area (TPSA) is 115 Å². The van der Waals surface area contributed by atoms with Crippen molar-refractivity contribution >= 4 is 42.1 Å². The zero-order chi connectivity index (χ0) is 28.9. The van der Waals surface area contributed by atoms with Crippen LogP contribution in [0.4, 0.5) is 5.69 Å². The number of nitrogens with one attached hydrogen (secondary N) is 2. The van der Waals surface area contributed by atoms with Gasteiger partial charge in [-0.15, -0.1) is 0 Å². The van der Waals surface area contributed by atoms with Gasteiger partial charge in [0.15, 0.2) is 6.29 Å². The number of nitrogens with zero attached hydrogens (tertiary/aromatic N) is 3. The SMILES string of the molecule is CCCN(CCC)C(=O)C1=Cc2ccc(-c3ccc(C=O)c(/C=C\N(C)CCNCCC=N)c3)cc2N=C(N)C1. The van der Waals surface area contributed by atoms with E-state index < -0.39 is 0 Å². The lowest BCUT2D eigenvalue weighted by atomic mass is 9.97. The average Bonchev–Trinajstić information content (AvgIpc) is 3.12. The van der Waals surface area contributed by atoms with Crippen molar-refractivity contribution in [3.05, 3.63) is 64.9 Å². The summed E-state index contributed by atoms with van der Waals surface area (Å²) in [6.07, 6.45) is 11.0. The van der Waals surface area contributed by atoms with Crippen LogP contribution in [0.15, 0.2) is 53.2 Å². The van der Waals surface area contributed by atoms with Gasteiger partial charge in [-0.05, 0) is 72.7 Å². The van der Waals surface area contributed by atoms with Gasteiger partial charge < -0.3 is 26.3 Å². The Hall–Kier alpha value is -4.04. The van der Waals surface area contributed by atoms with Gasteiger partial charge in [-0.25, -0.2) is 4.99 Å². The van der Waals surface area contributed by atoms with Crippen molar-refractivity contribution in [3.8, 4) is 11.1 Å². The Morgan fingerprint density at radius 3 is 2.48 bits per heavy atom. The van der Waals surface area contributed by atoms with E-state index in [2.05, 4.69) is 29.1 Å². The Balaban J connectivity index is 1.85. The predicted molar refractivity (Wildman–Crippen MR) is 166 cm³/mol. The van der Waals surface area contributed by atoms with Gasteiger partial charge in [0, 0.05) is 62.9 Å². The number of nitrogens with two attached hydrogens (primary N) is 1. The highest BCUT2D eigenvalue weighted by molar-refractivity contribution is 6.05. The van der Waals surface area contributed by atoms with Crippen molar-refractivity contribution in [2.45, 2.75) is 39.5 Å². The van der Waals surface area contributed by atoms with Crippen LogP contribution in [0.3, 0.4) is 0 Å². The fourth-order valence-electron chi connectivity index (χ4n) is 4.61. The summed E-state index contributed by atoms with van der Waals surface area (Å²) in [5.74, 6) is 0.436. The molecule has 0 atom stereocenters. The highest BCUT2D eigenvalue weighted by Crippen LogP contribution is 2.33. The van der Waals surface area contributed by atoms with E-state index in [0.29, 0.717) is 23.4 Å². The monoisotopic (exact) mass is 542 g/mol. The number of aldehydes is 1. The number of hydrogen-bond acceptors (Lipinski definition) is 7. The van der Waals surface area contributed by atoms with Crippen LogP contribution in [0, 0.1) is 5.41 Å². The molecule has 1 aliphatic heterocycles. The number of carbonyl (C=O) groups is 2. The number of fused-ring (bicyclic) bond motifs is 1. The Morgan fingerprint density at radius 2 is 1.77 bits per heavy atom. The molecule has 0 fully saturated rings. The van der Waals surface area contributed by atoms with Gasteiger partial charge in [0.05, 0.1) is 5.69 Å². The summed E-state index contributed by atoms with van der Waals surface area (Å²) >= 11 is 0. The molecular weight excluding hydrogens is 500 g/mol. The Bertz CT molecular complexity index is 1270. The zero-order valence-electron chi connectivity index (χ0n) is 24.0. The molecule has 2 aromatic carbocycles. The minimum absolute atomic E-state index is 0.0202. The van der Waals surface area contributed by atoms with Crippen molar-refractivity contribution in [1.82, 2.24) is 15.1 Å². The second-order valence-corrected chi connectivity index (χ2v) is 10.0. The molecular formula is C32H42N6O2. The van der Waals surface area contributed by atoms with E-state index in [9.17, 15) is 9.59 Å². The molecule has 0 aromatic heterocycles. The van der Waals surface area contributed by atoms with Crippen LogP contribution in [-0.2, 0) is 4.79 Å². The first kappa shape index (κ1) is 30.5. The Morgan fingerprint density at radius 1 is 1.05 bits per heavy atom. The van der Waals surface area contributed by atoms with Gasteiger partial charge >= 0.3 is 0 Å². The van der Waals surface area contributed by atoms with Gasteiger partial charge in [-0.1, -0.05) is 38.1 Å². The largest absolute Gasteiger partial charge is 0.387 e. The van der Waals surface area contributed by atoms with Crippen molar-refractivity contribution in [2.75, 3.05) is 39.8 Å². The normalized spacial score (nSPS) is 12.8. The van der Waals surface area contributed by atoms with E-state index in [-0.39, 0.29) is 5.91 Å². The Labute approximate surface area is 238 Å². The lowest BCUT2D eigenvalue weighted by Crippen LogP contribution is -2.34. The highest BCUT2D eigenvalue weighted by Gasteiger charge is 2.21. The molecule has 0 saturated carbocycles. The molecule has 40 heavy (non-hydrogen) atoms. The van der Waals surface area contributed by atoms with Crippen LogP contribution in [0.1, 0.15) is 61.0 Å². The van der Waals surface area contributed by atoms with Crippen LogP contribution in [-0.4, -0.2) is 73.8 Å². The molecule has 3 rings (SSSR count). The summed E-state index contributed by atoms with van der Waals surface area (Å²) in [6, 6.07) is 11.7. The molecule has 1 amide bonds. The lowest BCUT2D eigenvalue weighted by molar-refractivity contribution is -0.127. The number of carbonyl (C=O) groups excluding carboxylic acids is 2. The third kappa shape index (κ3) is 8.48. The quantitative estimate of drug-likeness (QED) is 0.164. The first-order valence-electron chi connectivity index (χ1n) is 14.0. The van der Waals surface area contributed by atoms with Gasteiger partial charge in [-0.2, -0.15) is 0 Å². The van der Waals surface area contributed by atoms with E-state index in [0.717, 1.165) is 86.2 Å². The summed E-state index contributed by atoms with van der Waals surface area (Å²) < 4.78 is 0. The van der Waals surface area contributed by atoms with Gasteiger partial charge in [0.1, 0.15) is 5.84 Å². The number of rotatable bonds is 15. The maximum atomic E-state index is 13.3. The zero-order valence-corrected chi connectivity index (χ0v) is 24.0. The van der Waals surface area contributed by atoms with Gasteiger partial charge in [0.2, 0.25) is 5.91 Å². The van der Waals surface area contributed by atoms with Crippen molar-refractivity contribution < 1.29 is 9.59 Å². The number of benzene rings is 2. The summed E-state index contributed by atoms with van der Waals surface area (Å²) in [5, 5.41) is 10.4. The molecule has 4 N–H and O–H groups in total. The van der Waals surface area contributed by atoms with E-state index >= 15 is 0 Å². The van der Waals surface area contributed by atoms with Crippen LogP contribution >= 0.6 is 0 Å². The maximum Gasteiger partial charge on any atom is 0.250 e. The van der Waals surface area contributed by atoms with E-state index in [1.54, 1.807) is 0 Å². The van der Waals surface area contributed by atoms with Crippen molar-refractivity contribution in [2.24, 2.45) is 10.7 Å². The molecule has 0 saturated heterocycles. The number of likely N-dealkylation sites (N-methyl/N-ethyl adjacent to an activating group) is 1. The number of aliphatic imine (C=N–C) groups is 1. The predicted octanol–water partition coefficient (Wildman–Crippen LogP) is 5.12. The lowest BCUT2D eigenvalue weighted by Gasteiger charge is -2.22. The number of amides is 1. The molecule has 2 aromatic rings. The van der Waals surface area contributed by atoms with Crippen LogP contribution in [0.5, 0.6) is 0 Å². The molecule has 1 heterocycles. The molecule has 0 bridgehead atoms. The number of amidine groups is 1. The molecule has 0 unspecified atom stereocenters. The van der Waals surface area contributed by atoms with E-state index in [1.807, 2.05) is 66.7 Å². The highest BCUT2D eigenvalue weighted by atomic mass is 16.2. The first-order chi connectivity index (χ1) is 19.4. The summed E-state index contributed by atoms with van der Waals surface area (Å²) in [7, 11) is 1.99. The molecule has 0 aliphatic carbocycles. The van der Waals surface area contributed by atoms with Crippen molar-refractivity contribution in [3.63, 3.8) is 0 Å². The third-order valence-electron chi connectivity index (χ3n) is 6.71. The van der Waals surface area contributed by atoms with Gasteiger partial charge in [-0.3, -0.25) is 9.59 Å². The maximum absolute atomic E-state index is 13.3. The molecule has 0 radical (unpaired) electrons. The molecule has 0 spiro atoms. The van der Waals surface area contributed by atoms with E-state index in [4.69, 9.17) is 11.1 Å². The van der Waals surface area contributed by atoms with Crippen LogP contribution < -0.4 is 11.1 Å². The summed E-state index contributed by atoms with van der Waals surface area (Å²) in [6.45, 7) is 8.00. The fourth-order valence-corrected chi connectivity index (χ4v) is 4.61. The second-order valence-electron chi connectivity index (χ2n) is 10.0. The van der Waals surface area contributed by atoms with Crippen LogP contribution in [0.25, 0.3) is 23.3 Å². The Kier molecular flexibility index (Phi) is 11.8. The molecule has 8 heteroatoms. The van der Waals surface area contributed by atoms with Crippen LogP contribution in [0.2, 0.25) is 0 Å². The fraction of sp³-hybridized carbons (Fsp3) is 0.375. The standard InChI is InChI=1S/C32H42N6O2/c1-4-15-38(16-5-2)32(40)29-20-27-9-7-25(21-30(27)36-31(34)22-29)24-8-10-28(23-39)26(19-24)11-17-37(3)18-14-35-13-6-12-33/h7-12,17,19-21,23,33,35H,4-6,13-16,18,22H2,1-3H3,(H2,34,36)/b17-11-,33-12?. The smallest absolute Gasteiger partial charge is 0.250 e. The number of hydrogen-bond donors (Lipinski definition) is 3. The molecule has 8 nitrogen and oxygen atoms in total. The second kappa shape index (κ2) is 15.5. The van der Waals surface area contributed by atoms with E-state index in [1.165, 1.54) is 6.21 Å². The molecule has 1 aliphatic rings. The average molecular weight is 543 g/mol. The molecule has 212 valence electrons.